The molecule has 6 unspecified atom stereocenters. The third-order valence-electron chi connectivity index (χ3n) is 10.1. The summed E-state index contributed by atoms with van der Waals surface area (Å²) >= 11 is 0. The molecule has 1 aliphatic rings. The Morgan fingerprint density at radius 1 is 0.550 bits per heavy atom. The normalized spacial score (nSPS) is 22.4. The van der Waals surface area contributed by atoms with Crippen molar-refractivity contribution < 1.29 is 92.7 Å². The maximum absolute atomic E-state index is 12.7. The van der Waals surface area contributed by atoms with Gasteiger partial charge in [0, 0.05) is 12.8 Å². The number of aliphatic hydroxyl groups is 5. The van der Waals surface area contributed by atoms with Gasteiger partial charge in [-0.05, 0) is 77.0 Å². The predicted molar refractivity (Wildman–Crippen MR) is 228 cm³/mol. The van der Waals surface area contributed by atoms with Crippen molar-refractivity contribution in [1.82, 2.24) is 0 Å². The van der Waals surface area contributed by atoms with Crippen LogP contribution in [0.2, 0.25) is 0 Å². The number of hydrogen-bond acceptors (Lipinski definition) is 13. The molecule has 15 heteroatoms. The average Bonchev–Trinajstić information content (AvgIpc) is 3.21. The zero-order chi connectivity index (χ0) is 43.6. The number of hydrogen-bond donors (Lipinski definition) is 5. The molecule has 60 heavy (non-hydrogen) atoms. The molecular weight excluding hydrogens is 802 g/mol. The van der Waals surface area contributed by atoms with E-state index in [1.54, 1.807) is 0 Å². The Labute approximate surface area is 383 Å². The number of aliphatic hydroxyl groups excluding tert-OH is 5. The van der Waals surface area contributed by atoms with Crippen LogP contribution in [-0.2, 0) is 32.7 Å². The Morgan fingerprint density at radius 2 is 0.933 bits per heavy atom. The van der Waals surface area contributed by atoms with Gasteiger partial charge in [-0.25, -0.2) is 0 Å². The summed E-state index contributed by atoms with van der Waals surface area (Å²) in [6.45, 7) is 3.12. The average molecular weight is 881 g/mol. The number of allylic oxidation sites excluding steroid dienone is 8. The van der Waals surface area contributed by atoms with E-state index in [1.807, 2.05) is 0 Å². The van der Waals surface area contributed by atoms with Crippen molar-refractivity contribution in [3.05, 3.63) is 48.6 Å². The largest absolute Gasteiger partial charge is 1.00 e. The van der Waals surface area contributed by atoms with Gasteiger partial charge in [-0.3, -0.25) is 14.2 Å². The minimum Gasteiger partial charge on any atom is -0.756 e. The van der Waals surface area contributed by atoms with Crippen molar-refractivity contribution in [3.63, 3.8) is 0 Å². The molecule has 0 bridgehead atoms. The van der Waals surface area contributed by atoms with Gasteiger partial charge < -0.3 is 48.9 Å². The van der Waals surface area contributed by atoms with E-state index in [0.29, 0.717) is 12.8 Å². The van der Waals surface area contributed by atoms with Crippen LogP contribution in [-0.4, -0.2) is 93.4 Å². The molecule has 0 aromatic carbocycles. The van der Waals surface area contributed by atoms with Crippen LogP contribution in [0.15, 0.2) is 48.6 Å². The number of ether oxygens (including phenoxy) is 2. The van der Waals surface area contributed by atoms with E-state index in [2.05, 4.69) is 62.5 Å². The van der Waals surface area contributed by atoms with E-state index in [4.69, 9.17) is 18.5 Å². The second kappa shape index (κ2) is 38.3. The van der Waals surface area contributed by atoms with Crippen LogP contribution in [0.3, 0.4) is 0 Å². The maximum atomic E-state index is 12.7. The summed E-state index contributed by atoms with van der Waals surface area (Å²) in [7, 11) is -5.37. The second-order valence-electron chi connectivity index (χ2n) is 15.5. The number of carbonyl (C=O) groups is 2. The predicted octanol–water partition coefficient (Wildman–Crippen LogP) is 4.76. The van der Waals surface area contributed by atoms with Crippen LogP contribution in [0.4, 0.5) is 0 Å². The van der Waals surface area contributed by atoms with Crippen LogP contribution < -0.4 is 34.5 Å². The van der Waals surface area contributed by atoms with Crippen molar-refractivity contribution in [2.75, 3.05) is 13.2 Å². The maximum Gasteiger partial charge on any atom is 1.00 e. The van der Waals surface area contributed by atoms with Crippen LogP contribution >= 0.6 is 7.82 Å². The minimum absolute atomic E-state index is 0. The van der Waals surface area contributed by atoms with Crippen molar-refractivity contribution in [2.45, 2.75) is 211 Å². The summed E-state index contributed by atoms with van der Waals surface area (Å²) in [5.74, 6) is -1.17. The molecule has 0 amide bonds. The first kappa shape index (κ1) is 58.8. The van der Waals surface area contributed by atoms with E-state index >= 15 is 0 Å². The summed E-state index contributed by atoms with van der Waals surface area (Å²) in [5, 5.41) is 50.0. The Hall–Kier alpha value is -1.19. The van der Waals surface area contributed by atoms with Gasteiger partial charge in [0.2, 0.25) is 0 Å². The van der Waals surface area contributed by atoms with Gasteiger partial charge in [0.1, 0.15) is 43.2 Å². The molecule has 0 saturated heterocycles. The summed E-state index contributed by atoms with van der Waals surface area (Å²) in [6, 6.07) is 0. The molecule has 0 aromatic heterocycles. The van der Waals surface area contributed by atoms with Crippen molar-refractivity contribution in [1.29, 1.82) is 0 Å². The summed E-state index contributed by atoms with van der Waals surface area (Å²) in [5.41, 5.74) is 0. The van der Waals surface area contributed by atoms with Crippen LogP contribution in [0, 0.1) is 0 Å². The molecule has 1 aliphatic carbocycles. The van der Waals surface area contributed by atoms with E-state index in [1.165, 1.54) is 38.5 Å². The topological polar surface area (TPSA) is 212 Å². The third-order valence-corrected chi connectivity index (χ3v) is 11.1. The molecule has 1 saturated carbocycles. The molecule has 6 atom stereocenters. The van der Waals surface area contributed by atoms with Crippen LogP contribution in [0.5, 0.6) is 0 Å². The SMILES string of the molecule is CCCCC/C=C\C/C=C\CCCCCCCC(=O)OCC(COP(=O)([O-])OC1C(O)C(O)C(O)C(O)C1O)OC(=O)CCCCCCC/C=C\C/C=C\CCCCC.[Na+]. The molecule has 0 aromatic rings. The van der Waals surface area contributed by atoms with Gasteiger partial charge in [-0.15, -0.1) is 0 Å². The van der Waals surface area contributed by atoms with Gasteiger partial charge in [0.25, 0.3) is 7.82 Å². The van der Waals surface area contributed by atoms with Crippen LogP contribution in [0.25, 0.3) is 0 Å². The van der Waals surface area contributed by atoms with E-state index in [0.717, 1.165) is 89.9 Å². The fourth-order valence-electron chi connectivity index (χ4n) is 6.46. The Morgan fingerprint density at radius 3 is 1.38 bits per heavy atom. The molecular formula is C45H78NaO13P. The van der Waals surface area contributed by atoms with E-state index in [9.17, 15) is 44.6 Å². The minimum atomic E-state index is -5.37. The van der Waals surface area contributed by atoms with Gasteiger partial charge in [-0.1, -0.05) is 127 Å². The zero-order valence-corrected chi connectivity index (χ0v) is 39.9. The van der Waals surface area contributed by atoms with Crippen LogP contribution in [0.1, 0.15) is 168 Å². The number of unbranched alkanes of at least 4 members (excludes halogenated alkanes) is 16. The Kier molecular flexibility index (Phi) is 37.5. The molecule has 1 rings (SSSR count). The molecule has 0 spiro atoms. The molecule has 342 valence electrons. The summed E-state index contributed by atoms with van der Waals surface area (Å²) < 4.78 is 33.1. The van der Waals surface area contributed by atoms with Gasteiger partial charge in [0.05, 0.1) is 6.61 Å². The number of carbonyl (C=O) groups excluding carboxylic acids is 2. The standard InChI is InChI=1S/C45H79O13P.Na/c1-3-5-7-9-11-13-15-17-19-21-23-25-27-29-31-33-38(46)55-35-37(36-56-59(53,54)58-45-43(51)41(49)40(48)42(50)44(45)52)57-39(47)34-32-30-28-26-24-22-20-18-16-14-12-10-8-6-4-2;/h11-14,17-20,37,40-45,48-52H,3-10,15-16,21-36H2,1-2H3,(H,53,54);/q;+1/p-1/b13-11-,14-12-,19-17-,20-18-;. The fourth-order valence-corrected chi connectivity index (χ4v) is 7.41. The molecule has 1 fully saturated rings. The Bertz CT molecular complexity index is 1230. The third kappa shape index (κ3) is 30.0. The fraction of sp³-hybridized carbons (Fsp3) is 0.778. The first-order valence-corrected chi connectivity index (χ1v) is 23.9. The van der Waals surface area contributed by atoms with Gasteiger partial charge in [0.15, 0.2) is 6.10 Å². The van der Waals surface area contributed by atoms with Crippen molar-refractivity contribution >= 4 is 19.8 Å². The summed E-state index contributed by atoms with van der Waals surface area (Å²) in [6.07, 6.45) is 26.9. The first-order valence-electron chi connectivity index (χ1n) is 22.4. The van der Waals surface area contributed by atoms with Gasteiger partial charge >= 0.3 is 41.5 Å². The van der Waals surface area contributed by atoms with E-state index < -0.39 is 75.7 Å². The number of phosphoric ester groups is 1. The second-order valence-corrected chi connectivity index (χ2v) is 16.9. The smallest absolute Gasteiger partial charge is 0.756 e. The molecule has 5 N–H and O–H groups in total. The van der Waals surface area contributed by atoms with Crippen molar-refractivity contribution in [3.8, 4) is 0 Å². The Balaban J connectivity index is 0.0000348. The molecule has 0 aliphatic heterocycles. The zero-order valence-electron chi connectivity index (χ0n) is 37.0. The quantitative estimate of drug-likeness (QED) is 0.0189. The summed E-state index contributed by atoms with van der Waals surface area (Å²) in [4.78, 5) is 37.9. The van der Waals surface area contributed by atoms with Gasteiger partial charge in [-0.2, -0.15) is 0 Å². The number of esters is 2. The molecule has 0 radical (unpaired) electrons. The van der Waals surface area contributed by atoms with E-state index in [-0.39, 0.29) is 42.4 Å². The molecule has 0 heterocycles. The number of phosphoric acid groups is 1. The number of rotatable bonds is 36. The van der Waals surface area contributed by atoms with Crippen molar-refractivity contribution in [2.24, 2.45) is 0 Å². The molecule has 13 nitrogen and oxygen atoms in total. The first-order chi connectivity index (χ1) is 28.4. The monoisotopic (exact) mass is 881 g/mol.